The maximum Gasteiger partial charge on any atom is 0.134 e. The van der Waals surface area contributed by atoms with Crippen molar-refractivity contribution < 1.29 is 4.42 Å². The highest BCUT2D eigenvalue weighted by molar-refractivity contribution is 5.80. The Morgan fingerprint density at radius 1 is 1.08 bits per heavy atom. The number of hydrogen-bond acceptors (Lipinski definition) is 1. The SMILES string of the molecule is CC.Cc1cccc2occc12. The Balaban J connectivity index is 0.000000336. The largest absolute Gasteiger partial charge is 0.464 e. The van der Waals surface area contributed by atoms with Crippen molar-refractivity contribution in [1.29, 1.82) is 0 Å². The molecule has 1 heteroatoms. The molecule has 64 valence electrons. The van der Waals surface area contributed by atoms with Gasteiger partial charge in [-0.25, -0.2) is 0 Å². The molecule has 0 bridgehead atoms. The molecular formula is C11H14O. The van der Waals surface area contributed by atoms with Crippen LogP contribution in [0.25, 0.3) is 11.0 Å². The third kappa shape index (κ3) is 1.50. The Bertz CT molecular complexity index is 347. The van der Waals surface area contributed by atoms with E-state index in [0.29, 0.717) is 0 Å². The van der Waals surface area contributed by atoms with Crippen LogP contribution in [0.4, 0.5) is 0 Å². The molecule has 2 rings (SSSR count). The summed E-state index contributed by atoms with van der Waals surface area (Å²) in [4.78, 5) is 0. The predicted octanol–water partition coefficient (Wildman–Crippen LogP) is 3.77. The molecule has 1 aromatic carbocycles. The minimum atomic E-state index is 0.972. The van der Waals surface area contributed by atoms with Crippen molar-refractivity contribution in [3.8, 4) is 0 Å². The first-order chi connectivity index (χ1) is 5.88. The average molecular weight is 162 g/mol. The van der Waals surface area contributed by atoms with E-state index in [4.69, 9.17) is 4.42 Å². The molecule has 0 N–H and O–H groups in total. The van der Waals surface area contributed by atoms with Crippen molar-refractivity contribution in [2.45, 2.75) is 20.8 Å². The van der Waals surface area contributed by atoms with E-state index in [0.717, 1.165) is 5.58 Å². The lowest BCUT2D eigenvalue weighted by Gasteiger charge is -1.90. The summed E-state index contributed by atoms with van der Waals surface area (Å²) in [7, 11) is 0. The van der Waals surface area contributed by atoms with Crippen LogP contribution in [0.3, 0.4) is 0 Å². The van der Waals surface area contributed by atoms with Crippen LogP contribution in [-0.4, -0.2) is 0 Å². The van der Waals surface area contributed by atoms with E-state index in [2.05, 4.69) is 13.0 Å². The summed E-state index contributed by atoms with van der Waals surface area (Å²) in [5.41, 5.74) is 2.24. The maximum atomic E-state index is 5.20. The quantitative estimate of drug-likeness (QED) is 0.574. The van der Waals surface area contributed by atoms with Gasteiger partial charge in [-0.1, -0.05) is 26.0 Å². The lowest BCUT2D eigenvalue weighted by atomic mass is 10.1. The lowest BCUT2D eigenvalue weighted by Crippen LogP contribution is -1.69. The molecule has 0 aliphatic rings. The Morgan fingerprint density at radius 3 is 2.50 bits per heavy atom. The summed E-state index contributed by atoms with van der Waals surface area (Å²) in [6.07, 6.45) is 1.72. The van der Waals surface area contributed by atoms with Crippen LogP contribution < -0.4 is 0 Å². The Labute approximate surface area is 73.0 Å². The predicted molar refractivity (Wildman–Crippen MR) is 52.3 cm³/mol. The van der Waals surface area contributed by atoms with Gasteiger partial charge in [0.25, 0.3) is 0 Å². The number of furan rings is 1. The highest BCUT2D eigenvalue weighted by atomic mass is 16.3. The van der Waals surface area contributed by atoms with Gasteiger partial charge < -0.3 is 4.42 Å². The molecule has 0 saturated carbocycles. The number of hydrogen-bond donors (Lipinski definition) is 0. The summed E-state index contributed by atoms with van der Waals surface area (Å²) >= 11 is 0. The first kappa shape index (κ1) is 8.85. The summed E-state index contributed by atoms with van der Waals surface area (Å²) < 4.78 is 5.20. The van der Waals surface area contributed by atoms with E-state index in [1.165, 1.54) is 10.9 Å². The van der Waals surface area contributed by atoms with Gasteiger partial charge in [-0.15, -0.1) is 0 Å². The molecule has 0 fully saturated rings. The molecule has 2 aromatic rings. The molecular weight excluding hydrogens is 148 g/mol. The van der Waals surface area contributed by atoms with Gasteiger partial charge in [-0.05, 0) is 24.6 Å². The number of benzene rings is 1. The van der Waals surface area contributed by atoms with Gasteiger partial charge >= 0.3 is 0 Å². The van der Waals surface area contributed by atoms with E-state index in [-0.39, 0.29) is 0 Å². The summed E-state index contributed by atoms with van der Waals surface area (Å²) in [5, 5.41) is 1.21. The Hall–Kier alpha value is -1.24. The van der Waals surface area contributed by atoms with Gasteiger partial charge in [0.15, 0.2) is 0 Å². The van der Waals surface area contributed by atoms with Gasteiger partial charge in [0.05, 0.1) is 6.26 Å². The third-order valence-corrected chi connectivity index (χ3v) is 1.71. The first-order valence-electron chi connectivity index (χ1n) is 4.31. The Morgan fingerprint density at radius 2 is 1.83 bits per heavy atom. The lowest BCUT2D eigenvalue weighted by molar-refractivity contribution is 0.616. The summed E-state index contributed by atoms with van der Waals surface area (Å²) in [5.74, 6) is 0. The second kappa shape index (κ2) is 3.96. The standard InChI is InChI=1S/C9H8O.C2H6/c1-7-3-2-4-9-8(7)5-6-10-9;1-2/h2-6H,1H3;1-2H3. The van der Waals surface area contributed by atoms with Crippen LogP contribution in [0.5, 0.6) is 0 Å². The highest BCUT2D eigenvalue weighted by Gasteiger charge is 1.96. The molecule has 0 spiro atoms. The molecule has 0 atom stereocenters. The van der Waals surface area contributed by atoms with Crippen molar-refractivity contribution in [1.82, 2.24) is 0 Å². The van der Waals surface area contributed by atoms with Crippen molar-refractivity contribution in [2.24, 2.45) is 0 Å². The van der Waals surface area contributed by atoms with E-state index < -0.39 is 0 Å². The minimum Gasteiger partial charge on any atom is -0.464 e. The molecule has 0 radical (unpaired) electrons. The fraction of sp³-hybridized carbons (Fsp3) is 0.273. The van der Waals surface area contributed by atoms with Crippen molar-refractivity contribution in [3.05, 3.63) is 36.1 Å². The van der Waals surface area contributed by atoms with Crippen molar-refractivity contribution >= 4 is 11.0 Å². The van der Waals surface area contributed by atoms with Crippen LogP contribution in [0.1, 0.15) is 19.4 Å². The summed E-state index contributed by atoms with van der Waals surface area (Å²) in [6.45, 7) is 6.08. The molecule has 1 nitrogen and oxygen atoms in total. The van der Waals surface area contributed by atoms with Crippen molar-refractivity contribution in [3.63, 3.8) is 0 Å². The average Bonchev–Trinajstić information content (AvgIpc) is 2.57. The van der Waals surface area contributed by atoms with Crippen LogP contribution in [0.2, 0.25) is 0 Å². The van der Waals surface area contributed by atoms with Crippen LogP contribution in [0.15, 0.2) is 34.9 Å². The fourth-order valence-electron chi connectivity index (χ4n) is 1.15. The third-order valence-electron chi connectivity index (χ3n) is 1.71. The molecule has 0 saturated heterocycles. The topological polar surface area (TPSA) is 13.1 Å². The van der Waals surface area contributed by atoms with Crippen LogP contribution in [0, 0.1) is 6.92 Å². The van der Waals surface area contributed by atoms with Gasteiger partial charge in [0.2, 0.25) is 0 Å². The minimum absolute atomic E-state index is 0.972. The van der Waals surface area contributed by atoms with E-state index in [9.17, 15) is 0 Å². The molecule has 0 amide bonds. The van der Waals surface area contributed by atoms with E-state index in [1.54, 1.807) is 6.26 Å². The van der Waals surface area contributed by atoms with Gasteiger partial charge in [-0.2, -0.15) is 0 Å². The molecule has 0 aliphatic carbocycles. The first-order valence-corrected chi connectivity index (χ1v) is 4.31. The van der Waals surface area contributed by atoms with Gasteiger partial charge in [0.1, 0.15) is 5.58 Å². The van der Waals surface area contributed by atoms with E-state index in [1.807, 2.05) is 32.0 Å². The Kier molecular flexibility index (Phi) is 2.92. The maximum absolute atomic E-state index is 5.20. The highest BCUT2D eigenvalue weighted by Crippen LogP contribution is 2.18. The van der Waals surface area contributed by atoms with Gasteiger partial charge in [0, 0.05) is 5.39 Å². The van der Waals surface area contributed by atoms with Crippen molar-refractivity contribution in [2.75, 3.05) is 0 Å². The zero-order valence-corrected chi connectivity index (χ0v) is 7.79. The normalized spacial score (nSPS) is 9.25. The molecule has 1 aromatic heterocycles. The molecule has 0 aliphatic heterocycles. The molecule has 0 unspecified atom stereocenters. The number of aryl methyl sites for hydroxylation is 1. The monoisotopic (exact) mass is 162 g/mol. The number of fused-ring (bicyclic) bond motifs is 1. The van der Waals surface area contributed by atoms with E-state index >= 15 is 0 Å². The summed E-state index contributed by atoms with van der Waals surface area (Å²) in [6, 6.07) is 8.05. The van der Waals surface area contributed by atoms with Crippen LogP contribution >= 0.6 is 0 Å². The van der Waals surface area contributed by atoms with Crippen LogP contribution in [-0.2, 0) is 0 Å². The number of rotatable bonds is 0. The molecule has 1 heterocycles. The second-order valence-electron chi connectivity index (χ2n) is 2.41. The second-order valence-corrected chi connectivity index (χ2v) is 2.41. The smallest absolute Gasteiger partial charge is 0.134 e. The van der Waals surface area contributed by atoms with Gasteiger partial charge in [-0.3, -0.25) is 0 Å². The zero-order chi connectivity index (χ0) is 8.97. The molecule has 12 heavy (non-hydrogen) atoms. The fourth-order valence-corrected chi connectivity index (χ4v) is 1.15. The zero-order valence-electron chi connectivity index (χ0n) is 7.79.